The van der Waals surface area contributed by atoms with Gasteiger partial charge in [0.15, 0.2) is 0 Å². The van der Waals surface area contributed by atoms with Crippen LogP contribution in [0, 0.1) is 6.92 Å². The van der Waals surface area contributed by atoms with Gasteiger partial charge in [-0.1, -0.05) is 23.7 Å². The maximum Gasteiger partial charge on any atom is 0.0672 e. The molecule has 1 saturated carbocycles. The fourth-order valence-electron chi connectivity index (χ4n) is 2.96. The molecular formula is C14H17ClN2. The third-order valence-corrected chi connectivity index (χ3v) is 4.54. The molecule has 2 aromatic rings. The highest BCUT2D eigenvalue weighted by Crippen LogP contribution is 2.51. The summed E-state index contributed by atoms with van der Waals surface area (Å²) in [5.74, 6) is 0. The highest BCUT2D eigenvalue weighted by Gasteiger charge is 2.46. The number of fused-ring (bicyclic) bond motifs is 1. The number of benzene rings is 1. The van der Waals surface area contributed by atoms with Crippen molar-refractivity contribution in [2.45, 2.75) is 25.2 Å². The zero-order valence-corrected chi connectivity index (χ0v) is 11.0. The third kappa shape index (κ3) is 1.37. The van der Waals surface area contributed by atoms with Crippen molar-refractivity contribution in [2.24, 2.45) is 12.8 Å². The van der Waals surface area contributed by atoms with E-state index in [0.29, 0.717) is 0 Å². The van der Waals surface area contributed by atoms with Gasteiger partial charge in [0.25, 0.3) is 0 Å². The molecule has 3 heteroatoms. The van der Waals surface area contributed by atoms with Gasteiger partial charge in [-0.05, 0) is 31.4 Å². The minimum Gasteiger partial charge on any atom is -0.346 e. The van der Waals surface area contributed by atoms with E-state index in [1.54, 1.807) is 0 Å². The predicted octanol–water partition coefficient (Wildman–Crippen LogP) is 3.13. The van der Waals surface area contributed by atoms with Gasteiger partial charge in [-0.3, -0.25) is 0 Å². The number of hydrogen-bond donors (Lipinski definition) is 1. The van der Waals surface area contributed by atoms with E-state index in [-0.39, 0.29) is 5.41 Å². The topological polar surface area (TPSA) is 30.9 Å². The van der Waals surface area contributed by atoms with Crippen LogP contribution in [0.5, 0.6) is 0 Å². The summed E-state index contributed by atoms with van der Waals surface area (Å²) in [6.45, 7) is 2.90. The Morgan fingerprint density at radius 3 is 2.71 bits per heavy atom. The second-order valence-electron chi connectivity index (χ2n) is 5.14. The Morgan fingerprint density at radius 1 is 1.41 bits per heavy atom. The summed E-state index contributed by atoms with van der Waals surface area (Å²) in [4.78, 5) is 0. The summed E-state index contributed by atoms with van der Waals surface area (Å²) in [6.07, 6.45) is 2.41. The number of nitrogens with zero attached hydrogens (tertiary/aromatic N) is 1. The number of hydrogen-bond acceptors (Lipinski definition) is 1. The van der Waals surface area contributed by atoms with E-state index < -0.39 is 0 Å². The van der Waals surface area contributed by atoms with Gasteiger partial charge in [0.1, 0.15) is 0 Å². The molecule has 17 heavy (non-hydrogen) atoms. The van der Waals surface area contributed by atoms with Crippen molar-refractivity contribution in [3.8, 4) is 0 Å². The molecule has 1 aromatic carbocycles. The van der Waals surface area contributed by atoms with E-state index in [1.807, 2.05) is 12.1 Å². The maximum absolute atomic E-state index is 6.31. The Morgan fingerprint density at radius 2 is 2.12 bits per heavy atom. The van der Waals surface area contributed by atoms with Crippen molar-refractivity contribution in [2.75, 3.05) is 6.54 Å². The van der Waals surface area contributed by atoms with Gasteiger partial charge < -0.3 is 10.3 Å². The quantitative estimate of drug-likeness (QED) is 0.870. The van der Waals surface area contributed by atoms with Crippen LogP contribution in [0.2, 0.25) is 5.02 Å². The second kappa shape index (κ2) is 3.50. The summed E-state index contributed by atoms with van der Waals surface area (Å²) < 4.78 is 2.20. The minimum absolute atomic E-state index is 0.217. The molecule has 0 spiro atoms. The number of nitrogens with two attached hydrogens (primary N) is 1. The predicted molar refractivity (Wildman–Crippen MR) is 72.6 cm³/mol. The van der Waals surface area contributed by atoms with Crippen LogP contribution in [0.15, 0.2) is 18.2 Å². The lowest BCUT2D eigenvalue weighted by atomic mass is 9.93. The number of halogens is 1. The van der Waals surface area contributed by atoms with Crippen LogP contribution >= 0.6 is 11.6 Å². The van der Waals surface area contributed by atoms with E-state index in [2.05, 4.69) is 24.6 Å². The van der Waals surface area contributed by atoms with Gasteiger partial charge in [0, 0.05) is 30.1 Å². The molecule has 2 nitrogen and oxygen atoms in total. The Hall–Kier alpha value is -0.990. The van der Waals surface area contributed by atoms with Gasteiger partial charge >= 0.3 is 0 Å². The van der Waals surface area contributed by atoms with E-state index in [1.165, 1.54) is 29.5 Å². The van der Waals surface area contributed by atoms with Crippen molar-refractivity contribution in [1.29, 1.82) is 0 Å². The van der Waals surface area contributed by atoms with Crippen LogP contribution in [0.4, 0.5) is 0 Å². The van der Waals surface area contributed by atoms with E-state index in [4.69, 9.17) is 17.3 Å². The number of para-hydroxylation sites is 1. The summed E-state index contributed by atoms with van der Waals surface area (Å²) in [6, 6.07) is 6.15. The first-order valence-corrected chi connectivity index (χ1v) is 6.42. The molecule has 1 fully saturated rings. The molecule has 0 atom stereocenters. The van der Waals surface area contributed by atoms with Crippen molar-refractivity contribution in [3.05, 3.63) is 34.5 Å². The van der Waals surface area contributed by atoms with Crippen LogP contribution in [0.3, 0.4) is 0 Å². The zero-order valence-electron chi connectivity index (χ0n) is 10.3. The van der Waals surface area contributed by atoms with E-state index >= 15 is 0 Å². The lowest BCUT2D eigenvalue weighted by molar-refractivity contribution is 0.697. The molecule has 0 aliphatic heterocycles. The fourth-order valence-corrected chi connectivity index (χ4v) is 3.27. The van der Waals surface area contributed by atoms with Gasteiger partial charge in [0.2, 0.25) is 0 Å². The molecule has 1 aliphatic rings. The van der Waals surface area contributed by atoms with Gasteiger partial charge in [-0.25, -0.2) is 0 Å². The van der Waals surface area contributed by atoms with Crippen LogP contribution in [-0.2, 0) is 12.5 Å². The summed E-state index contributed by atoms with van der Waals surface area (Å²) >= 11 is 6.31. The van der Waals surface area contributed by atoms with E-state index in [9.17, 15) is 0 Å². The van der Waals surface area contributed by atoms with Crippen molar-refractivity contribution in [1.82, 2.24) is 4.57 Å². The standard InChI is InChI=1S/C14H17ClN2/c1-9-12(14(8-16)6-7-14)10-4-3-5-11(15)13(10)17(9)2/h3-5H,6-8,16H2,1-2H3. The fraction of sp³-hybridized carbons (Fsp3) is 0.429. The van der Waals surface area contributed by atoms with Crippen molar-refractivity contribution < 1.29 is 0 Å². The number of rotatable bonds is 2. The smallest absolute Gasteiger partial charge is 0.0672 e. The van der Waals surface area contributed by atoms with Gasteiger partial charge in [-0.15, -0.1) is 0 Å². The minimum atomic E-state index is 0.217. The summed E-state index contributed by atoms with van der Waals surface area (Å²) in [7, 11) is 2.08. The monoisotopic (exact) mass is 248 g/mol. The average molecular weight is 249 g/mol. The molecule has 0 unspecified atom stereocenters. The number of aryl methyl sites for hydroxylation is 1. The first kappa shape index (κ1) is 11.1. The van der Waals surface area contributed by atoms with Gasteiger partial charge in [-0.2, -0.15) is 0 Å². The highest BCUT2D eigenvalue weighted by molar-refractivity contribution is 6.35. The van der Waals surface area contributed by atoms with Crippen LogP contribution < -0.4 is 5.73 Å². The Bertz CT molecular complexity index is 594. The lowest BCUT2D eigenvalue weighted by Crippen LogP contribution is -2.20. The maximum atomic E-state index is 6.31. The third-order valence-electron chi connectivity index (χ3n) is 4.23. The van der Waals surface area contributed by atoms with Crippen molar-refractivity contribution >= 4 is 22.5 Å². The zero-order chi connectivity index (χ0) is 12.2. The normalized spacial score (nSPS) is 17.6. The molecule has 2 N–H and O–H groups in total. The molecule has 0 amide bonds. The Labute approximate surface area is 106 Å². The number of aromatic nitrogens is 1. The summed E-state index contributed by atoms with van der Waals surface area (Å²) in [5.41, 5.74) is 10.0. The molecule has 3 rings (SSSR count). The van der Waals surface area contributed by atoms with Gasteiger partial charge in [0.05, 0.1) is 10.5 Å². The first-order valence-electron chi connectivity index (χ1n) is 6.05. The first-order chi connectivity index (χ1) is 8.10. The molecule has 1 heterocycles. The highest BCUT2D eigenvalue weighted by atomic mass is 35.5. The molecule has 0 bridgehead atoms. The summed E-state index contributed by atoms with van der Waals surface area (Å²) in [5, 5.41) is 2.10. The van der Waals surface area contributed by atoms with Crippen LogP contribution in [-0.4, -0.2) is 11.1 Å². The molecule has 1 aromatic heterocycles. The van der Waals surface area contributed by atoms with Crippen LogP contribution in [0.25, 0.3) is 10.9 Å². The largest absolute Gasteiger partial charge is 0.346 e. The van der Waals surface area contributed by atoms with Crippen molar-refractivity contribution in [3.63, 3.8) is 0 Å². The Balaban J connectivity index is 2.39. The average Bonchev–Trinajstić information content (AvgIpc) is 3.05. The molecule has 0 radical (unpaired) electrons. The molecule has 0 saturated heterocycles. The van der Waals surface area contributed by atoms with E-state index in [0.717, 1.165) is 17.1 Å². The lowest BCUT2D eigenvalue weighted by Gasteiger charge is -2.13. The molecular weight excluding hydrogens is 232 g/mol. The SMILES string of the molecule is Cc1c(C2(CN)CC2)c2cccc(Cl)c2n1C. The van der Waals surface area contributed by atoms with Crippen LogP contribution in [0.1, 0.15) is 24.1 Å². The second-order valence-corrected chi connectivity index (χ2v) is 5.55. The molecule has 1 aliphatic carbocycles. The Kier molecular flexibility index (Phi) is 2.29. The molecule has 90 valence electrons.